The Kier molecular flexibility index (Phi) is 3.34. The van der Waals surface area contributed by atoms with E-state index in [0.29, 0.717) is 11.6 Å². The highest BCUT2D eigenvalue weighted by Crippen LogP contribution is 2.19. The number of aromatic nitrogens is 2. The van der Waals surface area contributed by atoms with Crippen molar-refractivity contribution in [2.75, 3.05) is 18.0 Å². The van der Waals surface area contributed by atoms with Gasteiger partial charge < -0.3 is 4.90 Å². The summed E-state index contributed by atoms with van der Waals surface area (Å²) in [6.45, 7) is 3.69. The van der Waals surface area contributed by atoms with Crippen LogP contribution in [0.25, 0.3) is 0 Å². The quantitative estimate of drug-likeness (QED) is 0.792. The Balaban J connectivity index is 1.87. The lowest BCUT2D eigenvalue weighted by Gasteiger charge is -2.20. The summed E-state index contributed by atoms with van der Waals surface area (Å²) in [5.74, 6) is 0.675. The summed E-state index contributed by atoms with van der Waals surface area (Å²) in [4.78, 5) is 11.0. The molecule has 1 aromatic carbocycles. The van der Waals surface area contributed by atoms with Crippen LogP contribution in [-0.4, -0.2) is 23.1 Å². The second-order valence-electron chi connectivity index (χ2n) is 5.06. The smallest absolute Gasteiger partial charge is 0.226 e. The zero-order valence-electron chi connectivity index (χ0n) is 11.5. The highest BCUT2D eigenvalue weighted by Gasteiger charge is 2.16. The molecule has 2 heterocycles. The number of rotatable bonds is 1. The van der Waals surface area contributed by atoms with Gasteiger partial charge in [-0.2, -0.15) is 5.26 Å². The molecular formula is C16H16N4. The van der Waals surface area contributed by atoms with Crippen LogP contribution < -0.4 is 4.90 Å². The van der Waals surface area contributed by atoms with Crippen molar-refractivity contribution in [2.24, 2.45) is 0 Å². The van der Waals surface area contributed by atoms with Gasteiger partial charge in [0, 0.05) is 18.8 Å². The molecular weight excluding hydrogens is 248 g/mol. The molecule has 0 saturated carbocycles. The minimum atomic E-state index is 0.439. The van der Waals surface area contributed by atoms with Crippen molar-refractivity contribution in [2.45, 2.75) is 19.8 Å². The molecule has 0 saturated heterocycles. The van der Waals surface area contributed by atoms with Crippen LogP contribution in [0.4, 0.5) is 5.95 Å². The Labute approximate surface area is 118 Å². The first-order valence-corrected chi connectivity index (χ1v) is 6.84. The van der Waals surface area contributed by atoms with Crippen LogP contribution in [0.1, 0.15) is 22.5 Å². The summed E-state index contributed by atoms with van der Waals surface area (Å²) in [6, 6.07) is 12.4. The second kappa shape index (κ2) is 5.30. The van der Waals surface area contributed by atoms with Gasteiger partial charge in [-0.15, -0.1) is 0 Å². The van der Waals surface area contributed by atoms with Gasteiger partial charge in [0.2, 0.25) is 5.95 Å². The fourth-order valence-corrected chi connectivity index (χ4v) is 2.62. The number of fused-ring (bicyclic) bond motifs is 1. The number of hydrogen-bond donors (Lipinski definition) is 0. The Morgan fingerprint density at radius 1 is 1.10 bits per heavy atom. The van der Waals surface area contributed by atoms with E-state index < -0.39 is 0 Å². The first-order valence-electron chi connectivity index (χ1n) is 6.84. The van der Waals surface area contributed by atoms with E-state index in [1.165, 1.54) is 11.1 Å². The molecule has 1 aliphatic rings. The largest absolute Gasteiger partial charge is 0.340 e. The first-order chi connectivity index (χ1) is 9.76. The van der Waals surface area contributed by atoms with Crippen LogP contribution in [-0.2, 0) is 12.8 Å². The highest BCUT2D eigenvalue weighted by atomic mass is 15.2. The molecule has 0 radical (unpaired) electrons. The van der Waals surface area contributed by atoms with Crippen molar-refractivity contribution in [3.63, 3.8) is 0 Å². The van der Waals surface area contributed by atoms with Gasteiger partial charge >= 0.3 is 0 Å². The third kappa shape index (κ3) is 2.48. The predicted molar refractivity (Wildman–Crippen MR) is 77.5 cm³/mol. The minimum absolute atomic E-state index is 0.439. The van der Waals surface area contributed by atoms with Gasteiger partial charge in [0.15, 0.2) is 0 Å². The molecule has 0 amide bonds. The predicted octanol–water partition coefficient (Wildman–Crippen LogP) is 2.26. The number of nitrogens with zero attached hydrogens (tertiary/aromatic N) is 4. The Morgan fingerprint density at radius 3 is 2.35 bits per heavy atom. The summed E-state index contributed by atoms with van der Waals surface area (Å²) in [6.07, 6.45) is 1.99. The van der Waals surface area contributed by atoms with Gasteiger partial charge in [0.25, 0.3) is 0 Å². The van der Waals surface area contributed by atoms with Crippen LogP contribution in [0.15, 0.2) is 30.3 Å². The van der Waals surface area contributed by atoms with Crippen LogP contribution >= 0.6 is 0 Å². The van der Waals surface area contributed by atoms with E-state index in [1.54, 1.807) is 6.07 Å². The lowest BCUT2D eigenvalue weighted by atomic mass is 10.0. The van der Waals surface area contributed by atoms with E-state index >= 15 is 0 Å². The molecule has 0 unspecified atom stereocenters. The van der Waals surface area contributed by atoms with Crippen molar-refractivity contribution in [1.29, 1.82) is 5.26 Å². The number of nitriles is 1. The van der Waals surface area contributed by atoms with Crippen LogP contribution in [0, 0.1) is 18.3 Å². The summed E-state index contributed by atoms with van der Waals surface area (Å²) in [5, 5.41) is 9.02. The number of anilines is 1. The van der Waals surface area contributed by atoms with Crippen molar-refractivity contribution >= 4 is 5.95 Å². The number of aryl methyl sites for hydroxylation is 1. The molecule has 0 spiro atoms. The van der Waals surface area contributed by atoms with Crippen LogP contribution in [0.2, 0.25) is 0 Å². The van der Waals surface area contributed by atoms with Gasteiger partial charge in [-0.05, 0) is 37.0 Å². The molecule has 2 aromatic rings. The van der Waals surface area contributed by atoms with E-state index in [1.807, 2.05) is 6.92 Å². The lowest BCUT2D eigenvalue weighted by molar-refractivity contribution is 0.767. The molecule has 3 rings (SSSR count). The monoisotopic (exact) mass is 264 g/mol. The molecule has 0 atom stereocenters. The summed E-state index contributed by atoms with van der Waals surface area (Å²) in [5.41, 5.74) is 4.09. The van der Waals surface area contributed by atoms with Crippen LogP contribution in [0.5, 0.6) is 0 Å². The maximum absolute atomic E-state index is 9.02. The molecule has 1 aliphatic heterocycles. The lowest BCUT2D eigenvalue weighted by Crippen LogP contribution is -2.28. The minimum Gasteiger partial charge on any atom is -0.340 e. The molecule has 0 bridgehead atoms. The van der Waals surface area contributed by atoms with Crippen molar-refractivity contribution < 1.29 is 0 Å². The summed E-state index contributed by atoms with van der Waals surface area (Å²) in [7, 11) is 0. The average Bonchev–Trinajstić information content (AvgIpc) is 2.69. The fraction of sp³-hybridized carbons (Fsp3) is 0.312. The van der Waals surface area contributed by atoms with Gasteiger partial charge in [-0.3, -0.25) is 0 Å². The molecule has 4 nitrogen and oxygen atoms in total. The van der Waals surface area contributed by atoms with E-state index in [2.05, 4.69) is 45.2 Å². The molecule has 20 heavy (non-hydrogen) atoms. The Bertz CT molecular complexity index is 645. The maximum Gasteiger partial charge on any atom is 0.226 e. The topological polar surface area (TPSA) is 52.8 Å². The molecule has 0 fully saturated rings. The average molecular weight is 264 g/mol. The Hall–Kier alpha value is -2.41. The molecule has 4 heteroatoms. The number of benzene rings is 1. The third-order valence-electron chi connectivity index (χ3n) is 3.66. The Morgan fingerprint density at radius 2 is 1.75 bits per heavy atom. The number of hydrogen-bond acceptors (Lipinski definition) is 4. The zero-order valence-corrected chi connectivity index (χ0v) is 11.5. The van der Waals surface area contributed by atoms with Crippen LogP contribution in [0.3, 0.4) is 0 Å². The maximum atomic E-state index is 9.02. The zero-order chi connectivity index (χ0) is 13.9. The van der Waals surface area contributed by atoms with Crippen molar-refractivity contribution in [3.8, 4) is 6.07 Å². The highest BCUT2D eigenvalue weighted by molar-refractivity contribution is 5.39. The summed E-state index contributed by atoms with van der Waals surface area (Å²) >= 11 is 0. The SMILES string of the molecule is Cc1cc(C#N)nc(N2CCc3ccccc3CC2)n1. The van der Waals surface area contributed by atoms with E-state index in [0.717, 1.165) is 31.6 Å². The van der Waals surface area contributed by atoms with E-state index in [-0.39, 0.29) is 0 Å². The van der Waals surface area contributed by atoms with Gasteiger partial charge in [-0.1, -0.05) is 24.3 Å². The van der Waals surface area contributed by atoms with Crippen molar-refractivity contribution in [3.05, 3.63) is 52.8 Å². The fourth-order valence-electron chi connectivity index (χ4n) is 2.62. The van der Waals surface area contributed by atoms with E-state index in [4.69, 9.17) is 5.26 Å². The second-order valence-corrected chi connectivity index (χ2v) is 5.06. The standard InChI is InChI=1S/C16H16N4/c1-12-10-15(11-17)19-16(18-12)20-8-6-13-4-2-3-5-14(13)7-9-20/h2-5,10H,6-9H2,1H3. The van der Waals surface area contributed by atoms with Gasteiger partial charge in [-0.25, -0.2) is 9.97 Å². The van der Waals surface area contributed by atoms with Gasteiger partial charge in [0.1, 0.15) is 11.8 Å². The third-order valence-corrected chi connectivity index (χ3v) is 3.66. The molecule has 100 valence electrons. The molecule has 1 aromatic heterocycles. The van der Waals surface area contributed by atoms with E-state index in [9.17, 15) is 0 Å². The molecule has 0 N–H and O–H groups in total. The van der Waals surface area contributed by atoms with Gasteiger partial charge in [0.05, 0.1) is 0 Å². The normalized spacial score (nSPS) is 14.3. The van der Waals surface area contributed by atoms with Crippen molar-refractivity contribution in [1.82, 2.24) is 9.97 Å². The first kappa shape index (κ1) is 12.6. The summed E-state index contributed by atoms with van der Waals surface area (Å²) < 4.78 is 0. The molecule has 0 aliphatic carbocycles.